The normalized spacial score (nSPS) is 14.5. The topological polar surface area (TPSA) is 144 Å². The Labute approximate surface area is 283 Å². The molecule has 0 N–H and O–H groups in total. The van der Waals surface area contributed by atoms with Crippen molar-refractivity contribution in [3.63, 3.8) is 0 Å². The van der Waals surface area contributed by atoms with Crippen molar-refractivity contribution in [2.45, 2.75) is 26.3 Å². The van der Waals surface area contributed by atoms with Gasteiger partial charge in [0.1, 0.15) is 10.1 Å². The second kappa shape index (κ2) is 14.2. The third-order valence-corrected chi connectivity index (χ3v) is 8.60. The maximum absolute atomic E-state index is 11.6. The van der Waals surface area contributed by atoms with E-state index < -0.39 is 31.7 Å². The van der Waals surface area contributed by atoms with Crippen molar-refractivity contribution in [1.82, 2.24) is 0 Å². The van der Waals surface area contributed by atoms with Gasteiger partial charge in [0.2, 0.25) is 11.5 Å². The number of anilines is 1. The maximum atomic E-state index is 11.6. The second-order valence-electron chi connectivity index (χ2n) is 9.94. The fraction of sp³-hybridized carbons (Fsp3) is 0.233. The van der Waals surface area contributed by atoms with Gasteiger partial charge in [-0.05, 0) is 53.8 Å². The van der Waals surface area contributed by atoms with Crippen molar-refractivity contribution in [3.05, 3.63) is 95.2 Å². The minimum atomic E-state index is -4.51. The molecular formula is C30H28ClN2NaO8S2. The summed E-state index contributed by atoms with van der Waals surface area (Å²) in [5.41, 5.74) is 4.36. The van der Waals surface area contributed by atoms with Crippen LogP contribution in [0.4, 0.5) is 5.69 Å². The van der Waals surface area contributed by atoms with Gasteiger partial charge in [-0.1, -0.05) is 54.9 Å². The van der Waals surface area contributed by atoms with Gasteiger partial charge in [-0.3, -0.25) is 0 Å². The molecule has 0 amide bonds. The first-order chi connectivity index (χ1) is 20.4. The molecule has 0 atom stereocenters. The largest absolute Gasteiger partial charge is 1.00 e. The van der Waals surface area contributed by atoms with E-state index in [2.05, 4.69) is 0 Å². The number of rotatable bonds is 11. The maximum Gasteiger partial charge on any atom is 1.00 e. The van der Waals surface area contributed by atoms with Crippen molar-refractivity contribution in [1.29, 1.82) is 0 Å². The van der Waals surface area contributed by atoms with Gasteiger partial charge in [0, 0.05) is 29.5 Å². The second-order valence-corrected chi connectivity index (χ2v) is 13.4. The fourth-order valence-electron chi connectivity index (χ4n) is 4.83. The molecule has 10 nitrogen and oxygen atoms in total. The molecule has 226 valence electrons. The standard InChI is InChI=1S/C30H29ClN2O8S2.Na/c1-2-21(17-29-32(13-6-15-42(34,35)36)26-20-24(31)10-12-28(26)41-29)18-30-33(14-16-43(37,38)39)25-19-23(9-11-27(25)40-30)22-7-4-3-5-8-22;/h3-5,7-12,17-20H,2,6,13-16H2,1H3,(H-,34,35,36,37,38,39);/q;+1/p-1. The van der Waals surface area contributed by atoms with Crippen LogP contribution >= 0.6 is 11.6 Å². The summed E-state index contributed by atoms with van der Waals surface area (Å²) in [5.74, 6) is 0.0882. The molecule has 14 heteroatoms. The minimum absolute atomic E-state index is 0. The summed E-state index contributed by atoms with van der Waals surface area (Å²) in [6.45, 7) is 1.98. The van der Waals surface area contributed by atoms with Crippen molar-refractivity contribution in [2.75, 3.05) is 23.0 Å². The van der Waals surface area contributed by atoms with E-state index in [-0.39, 0.29) is 49.1 Å². The number of aryl methyl sites for hydroxylation is 1. The third kappa shape index (κ3) is 8.52. The van der Waals surface area contributed by atoms with E-state index >= 15 is 0 Å². The molecule has 0 saturated heterocycles. The van der Waals surface area contributed by atoms with Gasteiger partial charge < -0.3 is 23.2 Å². The predicted molar refractivity (Wildman–Crippen MR) is 161 cm³/mol. The first-order valence-electron chi connectivity index (χ1n) is 13.5. The van der Waals surface area contributed by atoms with Crippen LogP contribution in [0.1, 0.15) is 25.7 Å². The summed E-state index contributed by atoms with van der Waals surface area (Å²) in [7, 11) is -8.91. The number of hydrogen-bond donors (Lipinski definition) is 0. The Morgan fingerprint density at radius 2 is 1.68 bits per heavy atom. The van der Waals surface area contributed by atoms with Gasteiger partial charge in [0.15, 0.2) is 12.3 Å². The van der Waals surface area contributed by atoms with Gasteiger partial charge in [0.25, 0.3) is 5.52 Å². The van der Waals surface area contributed by atoms with Crippen molar-refractivity contribution in [3.8, 4) is 16.9 Å². The van der Waals surface area contributed by atoms with Crippen LogP contribution in [0.3, 0.4) is 0 Å². The van der Waals surface area contributed by atoms with Gasteiger partial charge >= 0.3 is 35.4 Å². The molecule has 5 rings (SSSR count). The number of ether oxygens (including phenoxy) is 1. The van der Waals surface area contributed by atoms with E-state index in [1.807, 2.05) is 49.4 Å². The van der Waals surface area contributed by atoms with E-state index in [0.717, 1.165) is 16.7 Å². The summed E-state index contributed by atoms with van der Waals surface area (Å²) in [6.07, 6.45) is 4.09. The molecule has 0 aliphatic carbocycles. The number of allylic oxidation sites excluding steroid dienone is 2. The third-order valence-electron chi connectivity index (χ3n) is 6.90. The summed E-state index contributed by atoms with van der Waals surface area (Å²) in [4.78, 5) is 1.75. The van der Waals surface area contributed by atoms with Crippen LogP contribution in [-0.4, -0.2) is 44.0 Å². The number of aromatic nitrogens is 1. The molecule has 0 bridgehead atoms. The molecule has 0 saturated carbocycles. The number of benzene rings is 3. The molecule has 3 aromatic carbocycles. The Kier molecular flexibility index (Phi) is 11.0. The van der Waals surface area contributed by atoms with Crippen LogP contribution in [0.15, 0.2) is 88.7 Å². The van der Waals surface area contributed by atoms with Crippen molar-refractivity contribution >= 4 is 54.7 Å². The van der Waals surface area contributed by atoms with Crippen molar-refractivity contribution in [2.24, 2.45) is 0 Å². The summed E-state index contributed by atoms with van der Waals surface area (Å²) in [6, 6.07) is 20.3. The first kappa shape index (κ1) is 34.2. The number of hydrogen-bond acceptors (Lipinski definition) is 9. The van der Waals surface area contributed by atoms with Crippen LogP contribution < -0.4 is 43.8 Å². The Balaban J connectivity index is 0.00000442. The quantitative estimate of drug-likeness (QED) is 0.133. The molecule has 0 spiro atoms. The number of nitrogens with zero attached hydrogens (tertiary/aromatic N) is 2. The molecule has 0 unspecified atom stereocenters. The number of fused-ring (bicyclic) bond motifs is 2. The minimum Gasteiger partial charge on any atom is -0.748 e. The summed E-state index contributed by atoms with van der Waals surface area (Å²) >= 11 is 6.21. The van der Waals surface area contributed by atoms with Crippen LogP contribution in [0.5, 0.6) is 5.75 Å². The van der Waals surface area contributed by atoms with Crippen molar-refractivity contribution < 1.29 is 69.2 Å². The Morgan fingerprint density at radius 3 is 2.36 bits per heavy atom. The van der Waals surface area contributed by atoms with E-state index in [4.69, 9.17) is 20.8 Å². The molecule has 4 aromatic rings. The molecule has 1 aliphatic rings. The Morgan fingerprint density at radius 1 is 0.955 bits per heavy atom. The average molecular weight is 667 g/mol. The molecule has 0 radical (unpaired) electrons. The zero-order chi connectivity index (χ0) is 30.8. The van der Waals surface area contributed by atoms with Crippen LogP contribution in [-0.2, 0) is 26.8 Å². The van der Waals surface area contributed by atoms with Gasteiger partial charge in [-0.15, -0.1) is 0 Å². The van der Waals surface area contributed by atoms with Crippen LogP contribution in [0.25, 0.3) is 28.3 Å². The zero-order valence-electron chi connectivity index (χ0n) is 24.1. The van der Waals surface area contributed by atoms with Gasteiger partial charge in [0.05, 0.1) is 27.6 Å². The predicted octanol–water partition coefficient (Wildman–Crippen LogP) is 2.06. The molecular weight excluding hydrogens is 639 g/mol. The summed E-state index contributed by atoms with van der Waals surface area (Å²) < 4.78 is 82.3. The first-order valence-corrected chi connectivity index (χ1v) is 17.0. The van der Waals surface area contributed by atoms with Crippen LogP contribution in [0, 0.1) is 0 Å². The molecule has 0 fully saturated rings. The smallest absolute Gasteiger partial charge is 0.748 e. The zero-order valence-corrected chi connectivity index (χ0v) is 28.5. The monoisotopic (exact) mass is 666 g/mol. The SMILES string of the molecule is CCC(=Cc1oc2ccc(-c3ccccc3)cc2[n+]1CCS(=O)(=O)[O-])C=C1Oc2ccc(Cl)cc2N1CCCS(=O)(=O)[O-].[Na+]. The van der Waals surface area contributed by atoms with Gasteiger partial charge in [-0.2, -0.15) is 4.57 Å². The van der Waals surface area contributed by atoms with E-state index in [1.54, 1.807) is 45.9 Å². The Bertz CT molecular complexity index is 1940. The molecule has 1 aliphatic heterocycles. The van der Waals surface area contributed by atoms with E-state index in [1.165, 1.54) is 0 Å². The summed E-state index contributed by atoms with van der Waals surface area (Å²) in [5, 5.41) is 0.461. The molecule has 2 heterocycles. The fourth-order valence-corrected chi connectivity index (χ4v) is 5.88. The molecule has 1 aromatic heterocycles. The van der Waals surface area contributed by atoms with Crippen LogP contribution in [0.2, 0.25) is 5.02 Å². The average Bonchev–Trinajstić information content (AvgIpc) is 3.47. The number of halogens is 1. The van der Waals surface area contributed by atoms with E-state index in [0.29, 0.717) is 45.8 Å². The van der Waals surface area contributed by atoms with Gasteiger partial charge in [-0.25, -0.2) is 16.8 Å². The van der Waals surface area contributed by atoms with E-state index in [9.17, 15) is 25.9 Å². The molecule has 44 heavy (non-hydrogen) atoms. The Hall–Kier alpha value is -2.68. The number of oxazole rings is 1.